The Morgan fingerprint density at radius 2 is 1.44 bits per heavy atom. The van der Waals surface area contributed by atoms with Crippen LogP contribution >= 0.6 is 15.6 Å². The van der Waals surface area contributed by atoms with Crippen molar-refractivity contribution in [3.8, 4) is 22.5 Å². The molecule has 7 rings (SSSR count). The highest BCUT2D eigenvalue weighted by Crippen LogP contribution is 2.60. The van der Waals surface area contributed by atoms with Crippen molar-refractivity contribution >= 4 is 44.4 Å². The topological polar surface area (TPSA) is 402 Å². The predicted molar refractivity (Wildman–Crippen MR) is 219 cm³/mol. The lowest BCUT2D eigenvalue weighted by atomic mass is 9.90. The molecule has 2 fully saturated rings. The number of nitrogens with one attached hydrogen (secondary N) is 3. The quantitative estimate of drug-likeness (QED) is 0.0413. The first-order valence-electron chi connectivity index (χ1n) is 19.2. The number of carbonyl (C=O) groups excluding carboxylic acids is 2. The van der Waals surface area contributed by atoms with Crippen LogP contribution in [-0.4, -0.2) is 136 Å². The predicted octanol–water partition coefficient (Wildman–Crippen LogP) is -1.66. The van der Waals surface area contributed by atoms with Crippen molar-refractivity contribution in [1.82, 2.24) is 20.2 Å². The Labute approximate surface area is 367 Å². The number of hydrogen-bond donors (Lipinski definition) is 11. The van der Waals surface area contributed by atoms with Gasteiger partial charge in [-0.25, -0.2) is 18.7 Å². The Morgan fingerprint density at radius 3 is 2.12 bits per heavy atom. The van der Waals surface area contributed by atoms with E-state index in [1.165, 1.54) is 30.3 Å². The van der Waals surface area contributed by atoms with Crippen molar-refractivity contribution in [2.45, 2.75) is 55.2 Å². The number of para-hydroxylation sites is 1. The summed E-state index contributed by atoms with van der Waals surface area (Å²) in [7, 11) is -11.2. The molecule has 26 nitrogen and oxygen atoms in total. The molecule has 1 aromatic heterocycles. The average molecular weight is 965 g/mol. The highest BCUT2D eigenvalue weighted by atomic mass is 31.3. The van der Waals surface area contributed by atoms with Crippen molar-refractivity contribution in [3.05, 3.63) is 115 Å². The molecule has 4 aliphatic rings. The second-order valence-corrected chi connectivity index (χ2v) is 17.7. The number of aromatic amines is 1. The molecule has 3 aromatic rings. The number of ether oxygens (including phenoxy) is 2. The van der Waals surface area contributed by atoms with Crippen LogP contribution in [0.2, 0.25) is 0 Å². The first-order chi connectivity index (χ1) is 31.1. The molecule has 11 N–H and O–H groups in total. The monoisotopic (exact) mass is 964 g/mol. The Balaban J connectivity index is 0.913. The molecule has 0 spiro atoms. The van der Waals surface area contributed by atoms with E-state index in [0.717, 1.165) is 18.3 Å². The average Bonchev–Trinajstić information content (AvgIpc) is 3.54. The molecule has 0 saturated carbocycles. The van der Waals surface area contributed by atoms with E-state index in [4.69, 9.17) is 13.9 Å². The summed E-state index contributed by atoms with van der Waals surface area (Å²) in [6, 6.07) is 13.6. The highest BCUT2D eigenvalue weighted by molar-refractivity contribution is 7.61. The molecule has 11 atom stereocenters. The van der Waals surface area contributed by atoms with Crippen LogP contribution in [-0.2, 0) is 36.8 Å². The Bertz CT molecular complexity index is 2920. The SMILES string of the molecule is O=C(CNC(=O)c1ccc(-c2c3ccc(=O)cc-3oc3ccccc23)c(C(=O)O)c1)NC1[C@@H](O)[C@H](O)[C@@H](COP(=O)(O)OP(=O)(O)OC[C@H]2O[C@@H](n3ccc(=O)[nH]c3=O)[C@H](O)[C@@H]2O)O[C@@H]1O. The summed E-state index contributed by atoms with van der Waals surface area (Å²) in [5.74, 6) is -3.18. The molecule has 0 radical (unpaired) electrons. The van der Waals surface area contributed by atoms with Gasteiger partial charge in [-0.1, -0.05) is 24.3 Å². The van der Waals surface area contributed by atoms with E-state index in [1.54, 1.807) is 24.3 Å². The highest BCUT2D eigenvalue weighted by Gasteiger charge is 2.48. The molecule has 1 aliphatic carbocycles. The maximum absolute atomic E-state index is 13.1. The van der Waals surface area contributed by atoms with Gasteiger partial charge in [-0.05, 0) is 35.9 Å². The van der Waals surface area contributed by atoms with Gasteiger partial charge in [-0.15, -0.1) is 0 Å². The molecule has 4 heterocycles. The Kier molecular flexibility index (Phi) is 14.0. The third-order valence-electron chi connectivity index (χ3n) is 10.3. The van der Waals surface area contributed by atoms with E-state index in [2.05, 4.69) is 24.0 Å². The van der Waals surface area contributed by atoms with E-state index >= 15 is 0 Å². The molecule has 28 heteroatoms. The van der Waals surface area contributed by atoms with Gasteiger partial charge >= 0.3 is 27.3 Å². The van der Waals surface area contributed by atoms with Gasteiger partial charge in [0.25, 0.3) is 11.5 Å². The maximum atomic E-state index is 13.1. The largest absolute Gasteiger partial charge is 0.481 e. The number of hydrogen-bond acceptors (Lipinski definition) is 19. The second-order valence-electron chi connectivity index (χ2n) is 14.7. The smallest absolute Gasteiger partial charge is 0.478 e. The van der Waals surface area contributed by atoms with Gasteiger partial charge in [-0.2, -0.15) is 4.31 Å². The van der Waals surface area contributed by atoms with Gasteiger partial charge in [0.1, 0.15) is 54.0 Å². The fourth-order valence-corrected chi connectivity index (χ4v) is 9.26. The second kappa shape index (κ2) is 19.2. The summed E-state index contributed by atoms with van der Waals surface area (Å²) in [4.78, 5) is 96.1. The van der Waals surface area contributed by atoms with Crippen molar-refractivity contribution in [3.63, 3.8) is 0 Å². The first-order valence-corrected chi connectivity index (χ1v) is 22.2. The van der Waals surface area contributed by atoms with E-state index in [9.17, 15) is 78.3 Å². The van der Waals surface area contributed by atoms with Crippen molar-refractivity contribution in [2.24, 2.45) is 0 Å². The third kappa shape index (κ3) is 10.4. The van der Waals surface area contributed by atoms with Gasteiger partial charge in [0, 0.05) is 40.4 Å². The van der Waals surface area contributed by atoms with Crippen LogP contribution < -0.4 is 27.3 Å². The first kappa shape index (κ1) is 48.1. The number of carboxylic acid groups (broad SMARTS) is 1. The number of fused-ring (bicyclic) bond motifs is 2. The number of rotatable bonds is 15. The van der Waals surface area contributed by atoms with Crippen LogP contribution in [0.15, 0.2) is 91.7 Å². The van der Waals surface area contributed by atoms with Gasteiger partial charge in [0.05, 0.1) is 25.3 Å². The molecular weight excluding hydrogens is 926 g/mol. The van der Waals surface area contributed by atoms with Crippen LogP contribution in [0.5, 0.6) is 0 Å². The minimum atomic E-state index is -5.62. The van der Waals surface area contributed by atoms with Crippen LogP contribution in [0.3, 0.4) is 0 Å². The maximum Gasteiger partial charge on any atom is 0.481 e. The number of H-pyrrole nitrogens is 1. The van der Waals surface area contributed by atoms with Gasteiger partial charge < -0.3 is 65.0 Å². The summed E-state index contributed by atoms with van der Waals surface area (Å²) in [5, 5.41) is 67.6. The van der Waals surface area contributed by atoms with E-state index < -0.39 is 120 Å². The molecule has 352 valence electrons. The molecule has 3 aliphatic heterocycles. The van der Waals surface area contributed by atoms with Crippen molar-refractivity contribution in [2.75, 3.05) is 19.8 Å². The van der Waals surface area contributed by atoms with Gasteiger partial charge in [-0.3, -0.25) is 37.8 Å². The third-order valence-corrected chi connectivity index (χ3v) is 12.9. The summed E-state index contributed by atoms with van der Waals surface area (Å²) >= 11 is 0. The summed E-state index contributed by atoms with van der Waals surface area (Å²) in [5.41, 5.74) is -1.28. The zero-order chi connectivity index (χ0) is 47.8. The minimum Gasteiger partial charge on any atom is -0.478 e. The van der Waals surface area contributed by atoms with Crippen molar-refractivity contribution in [1.29, 1.82) is 0 Å². The normalized spacial score (nSPS) is 26.1. The number of carboxylic acids is 1. The molecule has 2 aromatic carbocycles. The standard InChI is InChI=1S/C38H38N4O22P2/c43-17-6-8-20-23(12-17)61-22-4-2-1-3-19(22)28(20)18-7-5-16(11-21(18)36(51)52)34(50)39-13-27(45)40-29-32(48)30(46)25(63-37(29)53)15-60-66(57,58)64-65(55,56)59-14-24-31(47)33(49)35(62-24)42-10-9-26(44)41-38(42)54/h1-12,24-25,29-33,35,37,46-49,53H,13-15H2,(H,39,50)(H,40,45)(H,51,52)(H,55,56)(H,57,58)(H,41,44,54)/t24-,25-,29?,30-,31-,32-,33-,35-,37+/m1/s1. The summed E-state index contributed by atoms with van der Waals surface area (Å²) in [6.07, 6.45) is -14.1. The summed E-state index contributed by atoms with van der Waals surface area (Å²) < 4.78 is 55.4. The van der Waals surface area contributed by atoms with E-state index in [-0.39, 0.29) is 27.9 Å². The fraction of sp³-hybridized carbons (Fsp3) is 0.316. The molecule has 66 heavy (non-hydrogen) atoms. The zero-order valence-corrected chi connectivity index (χ0v) is 35.2. The number of aromatic nitrogens is 2. The number of phosphoric acid groups is 2. The van der Waals surface area contributed by atoms with Crippen LogP contribution in [0.1, 0.15) is 26.9 Å². The zero-order valence-electron chi connectivity index (χ0n) is 33.4. The number of aliphatic hydroxyl groups is 5. The number of phosphoric ester groups is 2. The van der Waals surface area contributed by atoms with Crippen LogP contribution in [0, 0.1) is 0 Å². The number of carbonyl (C=O) groups is 3. The molecule has 2 amide bonds. The number of aliphatic hydroxyl groups excluding tert-OH is 5. The molecule has 2 saturated heterocycles. The van der Waals surface area contributed by atoms with Gasteiger partial charge in [0.15, 0.2) is 17.9 Å². The number of nitrogens with zero attached hydrogens (tertiary/aromatic N) is 1. The Morgan fingerprint density at radius 1 is 0.788 bits per heavy atom. The van der Waals surface area contributed by atoms with Gasteiger partial charge in [0.2, 0.25) is 5.91 Å². The van der Waals surface area contributed by atoms with E-state index in [1.807, 2.05) is 4.98 Å². The molecular formula is C38H38N4O22P2. The summed E-state index contributed by atoms with van der Waals surface area (Å²) in [6.45, 7) is -3.09. The minimum absolute atomic E-state index is 0.182. The van der Waals surface area contributed by atoms with Crippen molar-refractivity contribution < 1.29 is 91.2 Å². The lowest BCUT2D eigenvalue weighted by Crippen LogP contribution is -2.64. The number of benzene rings is 3. The Hall–Kier alpha value is -5.80. The fourth-order valence-electron chi connectivity index (χ4n) is 7.17. The van der Waals surface area contributed by atoms with Crippen LogP contribution in [0.25, 0.3) is 33.4 Å². The number of amides is 2. The lowest BCUT2D eigenvalue weighted by molar-refractivity contribution is -0.252. The lowest BCUT2D eigenvalue weighted by Gasteiger charge is -2.40. The van der Waals surface area contributed by atoms with E-state index in [0.29, 0.717) is 26.7 Å². The van der Waals surface area contributed by atoms with Crippen LogP contribution in [0.4, 0.5) is 0 Å². The molecule has 0 bridgehead atoms. The molecule has 3 unspecified atom stereocenters. The number of aromatic carboxylic acids is 1.